The molecule has 1 amide bonds. The van der Waals surface area contributed by atoms with Crippen molar-refractivity contribution in [2.45, 2.75) is 13.5 Å². The SMILES string of the molecule is CCNC(=NCc1nc(-c2ccco2)n[nH]1)NCC(=O)N(C)C. The lowest BCUT2D eigenvalue weighted by atomic mass is 10.4. The van der Waals surface area contributed by atoms with E-state index in [1.54, 1.807) is 32.5 Å². The summed E-state index contributed by atoms with van der Waals surface area (Å²) in [5.41, 5.74) is 0. The Labute approximate surface area is 134 Å². The Bertz CT molecular complexity index is 646. The predicted molar refractivity (Wildman–Crippen MR) is 85.6 cm³/mol. The summed E-state index contributed by atoms with van der Waals surface area (Å²) in [6.07, 6.45) is 1.57. The maximum Gasteiger partial charge on any atom is 0.241 e. The highest BCUT2D eigenvalue weighted by Crippen LogP contribution is 2.14. The molecule has 9 heteroatoms. The second kappa shape index (κ2) is 7.97. The number of aromatic amines is 1. The van der Waals surface area contributed by atoms with Crippen molar-refractivity contribution in [3.63, 3.8) is 0 Å². The van der Waals surface area contributed by atoms with Crippen molar-refractivity contribution in [2.75, 3.05) is 27.2 Å². The van der Waals surface area contributed by atoms with Crippen LogP contribution in [-0.4, -0.2) is 59.1 Å². The average Bonchev–Trinajstić information content (AvgIpc) is 3.20. The third-order valence-corrected chi connectivity index (χ3v) is 2.91. The average molecular weight is 319 g/mol. The Morgan fingerprint density at radius 3 is 2.91 bits per heavy atom. The number of hydrogen-bond donors (Lipinski definition) is 3. The molecule has 0 unspecified atom stereocenters. The van der Waals surface area contributed by atoms with Crippen molar-refractivity contribution in [1.29, 1.82) is 0 Å². The fourth-order valence-corrected chi connectivity index (χ4v) is 1.70. The van der Waals surface area contributed by atoms with Gasteiger partial charge in [0.2, 0.25) is 11.7 Å². The van der Waals surface area contributed by atoms with Crippen LogP contribution in [0.1, 0.15) is 12.7 Å². The normalized spacial score (nSPS) is 11.3. The molecule has 9 nitrogen and oxygen atoms in total. The first-order valence-electron chi connectivity index (χ1n) is 7.27. The molecule has 0 aliphatic rings. The first-order chi connectivity index (χ1) is 11.1. The molecule has 0 aromatic carbocycles. The molecule has 2 heterocycles. The molecular weight excluding hydrogens is 298 g/mol. The van der Waals surface area contributed by atoms with E-state index in [2.05, 4.69) is 30.8 Å². The summed E-state index contributed by atoms with van der Waals surface area (Å²) in [5.74, 6) is 2.19. The van der Waals surface area contributed by atoms with Gasteiger partial charge in [0.05, 0.1) is 12.8 Å². The van der Waals surface area contributed by atoms with E-state index in [1.165, 1.54) is 4.90 Å². The summed E-state index contributed by atoms with van der Waals surface area (Å²) in [7, 11) is 3.41. The Balaban J connectivity index is 1.96. The second-order valence-electron chi connectivity index (χ2n) is 4.92. The highest BCUT2D eigenvalue weighted by atomic mass is 16.3. The maximum atomic E-state index is 11.6. The number of furan rings is 1. The van der Waals surface area contributed by atoms with Gasteiger partial charge in [-0.1, -0.05) is 0 Å². The zero-order valence-corrected chi connectivity index (χ0v) is 13.5. The van der Waals surface area contributed by atoms with Crippen LogP contribution in [0.3, 0.4) is 0 Å². The highest BCUT2D eigenvalue weighted by molar-refractivity contribution is 5.86. The van der Waals surface area contributed by atoms with Crippen molar-refractivity contribution in [3.05, 3.63) is 24.2 Å². The van der Waals surface area contributed by atoms with Gasteiger partial charge >= 0.3 is 0 Å². The third-order valence-electron chi connectivity index (χ3n) is 2.91. The van der Waals surface area contributed by atoms with Crippen LogP contribution in [-0.2, 0) is 11.3 Å². The molecule has 2 aromatic heterocycles. The highest BCUT2D eigenvalue weighted by Gasteiger charge is 2.09. The van der Waals surface area contributed by atoms with E-state index in [0.29, 0.717) is 36.5 Å². The number of nitrogens with one attached hydrogen (secondary N) is 3. The van der Waals surface area contributed by atoms with Gasteiger partial charge in [-0.2, -0.15) is 0 Å². The van der Waals surface area contributed by atoms with Gasteiger partial charge in [0, 0.05) is 20.6 Å². The fourth-order valence-electron chi connectivity index (χ4n) is 1.70. The number of hydrogen-bond acceptors (Lipinski definition) is 5. The number of likely N-dealkylation sites (N-methyl/N-ethyl adjacent to an activating group) is 1. The molecule has 0 fully saturated rings. The third kappa shape index (κ3) is 4.83. The summed E-state index contributed by atoms with van der Waals surface area (Å²) in [4.78, 5) is 21.8. The Morgan fingerprint density at radius 1 is 1.43 bits per heavy atom. The molecule has 124 valence electrons. The molecule has 0 aliphatic heterocycles. The van der Waals surface area contributed by atoms with Gasteiger partial charge in [-0.3, -0.25) is 9.89 Å². The quantitative estimate of drug-likeness (QED) is 0.518. The van der Waals surface area contributed by atoms with E-state index in [0.717, 1.165) is 0 Å². The number of carbonyl (C=O) groups is 1. The molecule has 0 saturated carbocycles. The molecule has 3 N–H and O–H groups in total. The van der Waals surface area contributed by atoms with Gasteiger partial charge in [0.15, 0.2) is 11.7 Å². The molecule has 0 spiro atoms. The molecule has 0 bridgehead atoms. The van der Waals surface area contributed by atoms with E-state index >= 15 is 0 Å². The molecule has 23 heavy (non-hydrogen) atoms. The van der Waals surface area contributed by atoms with Crippen LogP contribution in [0.5, 0.6) is 0 Å². The van der Waals surface area contributed by atoms with Gasteiger partial charge in [-0.15, -0.1) is 5.10 Å². The zero-order valence-electron chi connectivity index (χ0n) is 13.5. The Hall–Kier alpha value is -2.84. The monoisotopic (exact) mass is 319 g/mol. The van der Waals surface area contributed by atoms with Crippen LogP contribution in [0.2, 0.25) is 0 Å². The lowest BCUT2D eigenvalue weighted by molar-refractivity contribution is -0.127. The molecule has 0 saturated heterocycles. The van der Waals surface area contributed by atoms with Gasteiger partial charge in [0.1, 0.15) is 12.4 Å². The van der Waals surface area contributed by atoms with Crippen molar-refractivity contribution in [3.8, 4) is 11.6 Å². The van der Waals surface area contributed by atoms with Crippen LogP contribution >= 0.6 is 0 Å². The summed E-state index contributed by atoms with van der Waals surface area (Å²) in [6.45, 7) is 3.12. The maximum absolute atomic E-state index is 11.6. The van der Waals surface area contributed by atoms with Crippen LogP contribution in [0.15, 0.2) is 27.8 Å². The minimum atomic E-state index is -0.0321. The van der Waals surface area contributed by atoms with Gasteiger partial charge in [-0.05, 0) is 19.1 Å². The fraction of sp³-hybridized carbons (Fsp3) is 0.429. The number of aromatic nitrogens is 3. The van der Waals surface area contributed by atoms with E-state index < -0.39 is 0 Å². The number of H-pyrrole nitrogens is 1. The summed E-state index contributed by atoms with van der Waals surface area (Å²) >= 11 is 0. The first kappa shape index (κ1) is 16.5. The lowest BCUT2D eigenvalue weighted by Crippen LogP contribution is -2.42. The van der Waals surface area contributed by atoms with Crippen LogP contribution < -0.4 is 10.6 Å². The van der Waals surface area contributed by atoms with Crippen molar-refractivity contribution in [2.24, 2.45) is 4.99 Å². The number of nitrogens with zero attached hydrogens (tertiary/aromatic N) is 4. The smallest absolute Gasteiger partial charge is 0.241 e. The first-order valence-corrected chi connectivity index (χ1v) is 7.27. The largest absolute Gasteiger partial charge is 0.461 e. The number of amides is 1. The zero-order chi connectivity index (χ0) is 16.7. The molecule has 0 atom stereocenters. The van der Waals surface area contributed by atoms with E-state index in [4.69, 9.17) is 4.42 Å². The standard InChI is InChI=1S/C14H21N7O2/c1-4-15-14(17-9-12(22)21(2)3)16-8-11-18-13(20-19-11)10-6-5-7-23-10/h5-7H,4,8-9H2,1-3H3,(H2,15,16,17)(H,18,19,20). The lowest BCUT2D eigenvalue weighted by Gasteiger charge is -2.13. The topological polar surface area (TPSA) is 111 Å². The van der Waals surface area contributed by atoms with Crippen molar-refractivity contribution < 1.29 is 9.21 Å². The minimum absolute atomic E-state index is 0.0321. The van der Waals surface area contributed by atoms with Gasteiger partial charge in [0.25, 0.3) is 0 Å². The minimum Gasteiger partial charge on any atom is -0.461 e. The molecule has 0 aliphatic carbocycles. The number of aliphatic imine (C=N–C) groups is 1. The number of carbonyl (C=O) groups excluding carboxylic acids is 1. The number of guanidine groups is 1. The Kier molecular flexibility index (Phi) is 5.73. The molecule has 2 rings (SSSR count). The Morgan fingerprint density at radius 2 is 2.26 bits per heavy atom. The second-order valence-corrected chi connectivity index (χ2v) is 4.92. The summed E-state index contributed by atoms with van der Waals surface area (Å²) in [6, 6.07) is 3.56. The molecular formula is C14H21N7O2. The van der Waals surface area contributed by atoms with E-state index in [-0.39, 0.29) is 12.5 Å². The number of rotatable bonds is 6. The van der Waals surface area contributed by atoms with Crippen LogP contribution in [0, 0.1) is 0 Å². The van der Waals surface area contributed by atoms with Crippen LogP contribution in [0.25, 0.3) is 11.6 Å². The summed E-state index contributed by atoms with van der Waals surface area (Å²) in [5, 5.41) is 12.9. The van der Waals surface area contributed by atoms with Gasteiger partial charge in [-0.25, -0.2) is 9.98 Å². The van der Waals surface area contributed by atoms with Crippen LogP contribution in [0.4, 0.5) is 0 Å². The molecule has 2 aromatic rings. The summed E-state index contributed by atoms with van der Waals surface area (Å²) < 4.78 is 5.24. The van der Waals surface area contributed by atoms with Gasteiger partial charge < -0.3 is 20.0 Å². The van der Waals surface area contributed by atoms with Crippen molar-refractivity contribution in [1.82, 2.24) is 30.7 Å². The molecule has 0 radical (unpaired) electrons. The van der Waals surface area contributed by atoms with E-state index in [9.17, 15) is 4.79 Å². The van der Waals surface area contributed by atoms with E-state index in [1.807, 2.05) is 6.92 Å². The predicted octanol–water partition coefficient (Wildman–Crippen LogP) is 0.208. The van der Waals surface area contributed by atoms with Crippen molar-refractivity contribution >= 4 is 11.9 Å².